The fraction of sp³-hybridized carbons (Fsp3) is 0.625. The summed E-state index contributed by atoms with van der Waals surface area (Å²) in [5.74, 6) is 0.705. The van der Waals surface area contributed by atoms with Gasteiger partial charge >= 0.3 is 5.97 Å². The van der Waals surface area contributed by atoms with Gasteiger partial charge in [0.2, 0.25) is 0 Å². The number of ether oxygens (including phenoxy) is 1. The lowest BCUT2D eigenvalue weighted by Crippen LogP contribution is -2.47. The molecule has 1 aromatic carbocycles. The van der Waals surface area contributed by atoms with Crippen LogP contribution in [0.2, 0.25) is 0 Å². The molecule has 6 nitrogen and oxygen atoms in total. The van der Waals surface area contributed by atoms with E-state index >= 15 is 0 Å². The van der Waals surface area contributed by atoms with E-state index in [9.17, 15) is 14.4 Å². The minimum Gasteiger partial charge on any atom is -0.454 e. The van der Waals surface area contributed by atoms with Crippen LogP contribution in [0.25, 0.3) is 0 Å². The SMILES string of the molecule is Cc1ccccc1C(=O)NC(C(=O)OCC(=O)NC(C)C1CC2CCC1C2)C(C)C. The van der Waals surface area contributed by atoms with Gasteiger partial charge in [0.1, 0.15) is 6.04 Å². The van der Waals surface area contributed by atoms with Crippen molar-refractivity contribution in [3.05, 3.63) is 35.4 Å². The van der Waals surface area contributed by atoms with Gasteiger partial charge in [0.15, 0.2) is 6.61 Å². The van der Waals surface area contributed by atoms with Crippen LogP contribution >= 0.6 is 0 Å². The van der Waals surface area contributed by atoms with Gasteiger partial charge in [-0.05, 0) is 68.4 Å². The van der Waals surface area contributed by atoms with Crippen molar-refractivity contribution in [2.45, 2.75) is 65.5 Å². The van der Waals surface area contributed by atoms with Crippen LogP contribution in [0.1, 0.15) is 62.4 Å². The molecule has 2 bridgehead atoms. The Kier molecular flexibility index (Phi) is 7.16. The zero-order chi connectivity index (χ0) is 21.8. The topological polar surface area (TPSA) is 84.5 Å². The van der Waals surface area contributed by atoms with E-state index in [0.29, 0.717) is 11.5 Å². The van der Waals surface area contributed by atoms with Crippen molar-refractivity contribution in [2.24, 2.45) is 23.7 Å². The van der Waals surface area contributed by atoms with Crippen molar-refractivity contribution in [3.63, 3.8) is 0 Å². The maximum absolute atomic E-state index is 12.6. The van der Waals surface area contributed by atoms with Crippen molar-refractivity contribution in [2.75, 3.05) is 6.61 Å². The lowest BCUT2D eigenvalue weighted by atomic mass is 9.84. The van der Waals surface area contributed by atoms with Gasteiger partial charge < -0.3 is 15.4 Å². The zero-order valence-electron chi connectivity index (χ0n) is 18.4. The monoisotopic (exact) mass is 414 g/mol. The normalized spacial score (nSPS) is 24.4. The van der Waals surface area contributed by atoms with E-state index in [2.05, 4.69) is 10.6 Å². The maximum Gasteiger partial charge on any atom is 0.329 e. The van der Waals surface area contributed by atoms with E-state index in [4.69, 9.17) is 4.74 Å². The summed E-state index contributed by atoms with van der Waals surface area (Å²) >= 11 is 0. The van der Waals surface area contributed by atoms with Crippen LogP contribution < -0.4 is 10.6 Å². The number of rotatable bonds is 8. The van der Waals surface area contributed by atoms with Crippen LogP contribution in [0.15, 0.2) is 24.3 Å². The number of carbonyl (C=O) groups excluding carboxylic acids is 3. The molecule has 2 aliphatic rings. The Morgan fingerprint density at radius 1 is 1.07 bits per heavy atom. The lowest BCUT2D eigenvalue weighted by molar-refractivity contribution is -0.151. The quantitative estimate of drug-likeness (QED) is 0.640. The molecule has 0 aromatic heterocycles. The summed E-state index contributed by atoms with van der Waals surface area (Å²) in [7, 11) is 0. The number of aryl methyl sites for hydroxylation is 1. The Morgan fingerprint density at radius 3 is 2.40 bits per heavy atom. The summed E-state index contributed by atoms with van der Waals surface area (Å²) in [6.07, 6.45) is 5.06. The average Bonchev–Trinajstić information content (AvgIpc) is 3.34. The summed E-state index contributed by atoms with van der Waals surface area (Å²) in [6.45, 7) is 7.24. The minimum atomic E-state index is -0.812. The van der Waals surface area contributed by atoms with Crippen LogP contribution in [0, 0.1) is 30.6 Å². The number of hydrogen-bond acceptors (Lipinski definition) is 4. The third-order valence-corrected chi connectivity index (χ3v) is 6.77. The van der Waals surface area contributed by atoms with Crippen molar-refractivity contribution in [3.8, 4) is 0 Å². The molecule has 2 saturated carbocycles. The van der Waals surface area contributed by atoms with Crippen LogP contribution in [0.5, 0.6) is 0 Å². The summed E-state index contributed by atoms with van der Waals surface area (Å²) in [6, 6.07) is 6.49. The van der Waals surface area contributed by atoms with E-state index < -0.39 is 12.0 Å². The van der Waals surface area contributed by atoms with E-state index in [0.717, 1.165) is 17.4 Å². The van der Waals surface area contributed by atoms with Crippen LogP contribution in [-0.2, 0) is 14.3 Å². The van der Waals surface area contributed by atoms with Gasteiger partial charge in [0.25, 0.3) is 11.8 Å². The van der Waals surface area contributed by atoms with Gasteiger partial charge in [-0.15, -0.1) is 0 Å². The van der Waals surface area contributed by atoms with E-state index in [1.807, 2.05) is 39.8 Å². The van der Waals surface area contributed by atoms with Crippen LogP contribution in [0.3, 0.4) is 0 Å². The molecule has 0 heterocycles. The first-order valence-corrected chi connectivity index (χ1v) is 11.1. The van der Waals surface area contributed by atoms with Gasteiger partial charge in [-0.3, -0.25) is 9.59 Å². The molecule has 5 atom stereocenters. The molecule has 2 fully saturated rings. The van der Waals surface area contributed by atoms with Gasteiger partial charge in [-0.1, -0.05) is 38.5 Å². The molecule has 0 spiro atoms. The molecule has 2 amide bonds. The molecule has 3 rings (SSSR count). The Labute approximate surface area is 179 Å². The standard InChI is InChI=1S/C24H34N2O4/c1-14(2)22(26-23(28)19-8-6-5-7-15(19)3)24(29)30-13-21(27)25-16(4)20-12-17-9-10-18(20)11-17/h5-8,14,16-18,20,22H,9-13H2,1-4H3,(H,25,27)(H,26,28). The number of esters is 1. The molecular weight excluding hydrogens is 380 g/mol. The maximum atomic E-state index is 12.6. The molecule has 1 aromatic rings. The first-order chi connectivity index (χ1) is 14.3. The summed E-state index contributed by atoms with van der Waals surface area (Å²) in [5.41, 5.74) is 1.35. The average molecular weight is 415 g/mol. The molecule has 0 radical (unpaired) electrons. The Balaban J connectivity index is 1.49. The number of fused-ring (bicyclic) bond motifs is 2. The molecular formula is C24H34N2O4. The second-order valence-corrected chi connectivity index (χ2v) is 9.31. The smallest absolute Gasteiger partial charge is 0.329 e. The van der Waals surface area contributed by atoms with E-state index in [-0.39, 0.29) is 30.4 Å². The second kappa shape index (κ2) is 9.63. The summed E-state index contributed by atoms with van der Waals surface area (Å²) in [5, 5.41) is 5.76. The molecule has 164 valence electrons. The van der Waals surface area contributed by atoms with Gasteiger partial charge in [-0.2, -0.15) is 0 Å². The highest BCUT2D eigenvalue weighted by atomic mass is 16.5. The second-order valence-electron chi connectivity index (χ2n) is 9.31. The van der Waals surface area contributed by atoms with Gasteiger partial charge in [0, 0.05) is 11.6 Å². The molecule has 0 aliphatic heterocycles. The molecule has 2 aliphatic carbocycles. The Bertz CT molecular complexity index is 791. The predicted octanol–water partition coefficient (Wildman–Crippen LogP) is 3.23. The number of amides is 2. The van der Waals surface area contributed by atoms with Crippen molar-refractivity contribution in [1.82, 2.24) is 10.6 Å². The number of carbonyl (C=O) groups is 3. The highest BCUT2D eigenvalue weighted by Gasteiger charge is 2.42. The number of nitrogens with one attached hydrogen (secondary N) is 2. The minimum absolute atomic E-state index is 0.0909. The van der Waals surface area contributed by atoms with Crippen LogP contribution in [0.4, 0.5) is 0 Å². The van der Waals surface area contributed by atoms with Gasteiger partial charge in [-0.25, -0.2) is 4.79 Å². The predicted molar refractivity (Wildman–Crippen MR) is 115 cm³/mol. The fourth-order valence-corrected chi connectivity index (χ4v) is 5.08. The highest BCUT2D eigenvalue weighted by molar-refractivity contribution is 5.98. The fourth-order valence-electron chi connectivity index (χ4n) is 5.08. The number of benzene rings is 1. The first kappa shape index (κ1) is 22.3. The molecule has 2 N–H and O–H groups in total. The molecule has 30 heavy (non-hydrogen) atoms. The molecule has 5 unspecified atom stereocenters. The highest BCUT2D eigenvalue weighted by Crippen LogP contribution is 2.49. The molecule has 0 saturated heterocycles. The Morgan fingerprint density at radius 2 is 1.80 bits per heavy atom. The summed E-state index contributed by atoms with van der Waals surface area (Å²) in [4.78, 5) is 37.5. The third kappa shape index (κ3) is 5.21. The van der Waals surface area contributed by atoms with Crippen molar-refractivity contribution >= 4 is 17.8 Å². The van der Waals surface area contributed by atoms with Crippen molar-refractivity contribution < 1.29 is 19.1 Å². The van der Waals surface area contributed by atoms with E-state index in [1.54, 1.807) is 12.1 Å². The lowest BCUT2D eigenvalue weighted by Gasteiger charge is -2.28. The zero-order valence-corrected chi connectivity index (χ0v) is 18.4. The van der Waals surface area contributed by atoms with Crippen LogP contribution in [-0.4, -0.2) is 36.5 Å². The molecule has 6 heteroatoms. The third-order valence-electron chi connectivity index (χ3n) is 6.77. The van der Waals surface area contributed by atoms with E-state index in [1.165, 1.54) is 25.7 Å². The summed E-state index contributed by atoms with van der Waals surface area (Å²) < 4.78 is 5.25. The largest absolute Gasteiger partial charge is 0.454 e. The first-order valence-electron chi connectivity index (χ1n) is 11.1. The number of hydrogen-bond donors (Lipinski definition) is 2. The Hall–Kier alpha value is -2.37. The van der Waals surface area contributed by atoms with Gasteiger partial charge in [0.05, 0.1) is 0 Å². The van der Waals surface area contributed by atoms with Crippen molar-refractivity contribution in [1.29, 1.82) is 0 Å².